The van der Waals surface area contributed by atoms with Crippen molar-refractivity contribution in [2.75, 3.05) is 6.54 Å². The van der Waals surface area contributed by atoms with Gasteiger partial charge >= 0.3 is 10.6 Å². The van der Waals surface area contributed by atoms with Gasteiger partial charge < -0.3 is 5.32 Å². The fourth-order valence-electron chi connectivity index (χ4n) is 0.471. The van der Waals surface area contributed by atoms with Crippen molar-refractivity contribution in [3.8, 4) is 0 Å². The molecule has 0 fully saturated rings. The topological polar surface area (TPSA) is 63.2 Å². The van der Waals surface area contributed by atoms with Crippen molar-refractivity contribution in [3.63, 3.8) is 0 Å². The molecule has 0 atom stereocenters. The molecule has 0 aliphatic carbocycles. The average Bonchev–Trinajstić information content (AvgIpc) is 1.82. The maximum absolute atomic E-state index is 8.44. The molecule has 4 nitrogen and oxygen atoms in total. The highest BCUT2D eigenvalue weighted by Crippen LogP contribution is 1.87. The van der Waals surface area contributed by atoms with E-state index in [-0.39, 0.29) is 0 Å². The number of hydrogen-bond acceptors (Lipinski definition) is 4. The van der Waals surface area contributed by atoms with Gasteiger partial charge in [-0.2, -0.15) is 0 Å². The summed E-state index contributed by atoms with van der Waals surface area (Å²) in [5.41, 5.74) is 0. The first-order chi connectivity index (χ1) is 5.36. The lowest BCUT2D eigenvalue weighted by Gasteiger charge is -2.09. The van der Waals surface area contributed by atoms with Gasteiger partial charge in [-0.05, 0) is 12.5 Å². The van der Waals surface area contributed by atoms with Crippen molar-refractivity contribution in [2.45, 2.75) is 33.7 Å². The van der Waals surface area contributed by atoms with Crippen molar-refractivity contribution in [1.82, 2.24) is 5.32 Å². The predicted molar refractivity (Wildman–Crippen MR) is 47.7 cm³/mol. The summed E-state index contributed by atoms with van der Waals surface area (Å²) in [6, 6.07) is 0.636. The van der Waals surface area contributed by atoms with Gasteiger partial charge in [0.05, 0.1) is 0 Å². The highest BCUT2D eigenvalue weighted by Gasteiger charge is 1.93. The van der Waals surface area contributed by atoms with Crippen LogP contribution in [0.1, 0.15) is 27.7 Å². The fraction of sp³-hybridized carbons (Fsp3) is 1.00. The van der Waals surface area contributed by atoms with Gasteiger partial charge in [-0.15, -0.1) is 12.6 Å². The molecule has 0 aromatic rings. The van der Waals surface area contributed by atoms with Crippen LogP contribution >= 0.6 is 0 Å². The van der Waals surface area contributed by atoms with E-state index in [1.807, 2.05) is 0 Å². The summed E-state index contributed by atoms with van der Waals surface area (Å²) in [7, 11) is -3.11. The average molecular weight is 195 g/mol. The first-order valence-electron chi connectivity index (χ1n) is 3.86. The molecule has 5 heteroatoms. The first-order valence-corrected chi connectivity index (χ1v) is 4.86. The second-order valence-electron chi connectivity index (χ2n) is 3.16. The Balaban J connectivity index is 0. The number of nitrogens with one attached hydrogen (secondary N) is 1. The van der Waals surface area contributed by atoms with E-state index in [1.165, 1.54) is 0 Å². The molecule has 0 rings (SSSR count). The van der Waals surface area contributed by atoms with Crippen LogP contribution in [-0.2, 0) is 10.6 Å². The van der Waals surface area contributed by atoms with E-state index in [2.05, 4.69) is 33.0 Å². The normalized spacial score (nSPS) is 9.50. The van der Waals surface area contributed by atoms with Crippen molar-refractivity contribution < 1.29 is 12.6 Å². The minimum atomic E-state index is -3.11. The Morgan fingerprint density at radius 2 is 1.42 bits per heavy atom. The van der Waals surface area contributed by atoms with Crippen molar-refractivity contribution in [1.29, 1.82) is 0 Å². The molecule has 0 heterocycles. The molecule has 0 bridgehead atoms. The van der Waals surface area contributed by atoms with Crippen LogP contribution in [0.25, 0.3) is 0 Å². The van der Waals surface area contributed by atoms with Gasteiger partial charge in [0, 0.05) is 6.04 Å². The summed E-state index contributed by atoms with van der Waals surface area (Å²) in [5.74, 6) is 0.775. The van der Waals surface area contributed by atoms with Gasteiger partial charge in [0.2, 0.25) is 0 Å². The summed E-state index contributed by atoms with van der Waals surface area (Å²) >= 11 is 0. The van der Waals surface area contributed by atoms with E-state index in [0.717, 1.165) is 12.5 Å². The van der Waals surface area contributed by atoms with Crippen LogP contribution < -0.4 is 5.32 Å². The van der Waals surface area contributed by atoms with Crippen molar-refractivity contribution in [3.05, 3.63) is 0 Å². The third-order valence-corrected chi connectivity index (χ3v) is 0.934. The van der Waals surface area contributed by atoms with Crippen LogP contribution in [0.5, 0.6) is 0 Å². The summed E-state index contributed by atoms with van der Waals surface area (Å²) in [6.07, 6.45) is 0. The zero-order chi connectivity index (χ0) is 10.1. The van der Waals surface area contributed by atoms with E-state index in [9.17, 15) is 0 Å². The minimum Gasteiger partial charge on any atom is -0.314 e. The number of rotatable bonds is 3. The van der Waals surface area contributed by atoms with Crippen LogP contribution in [0.3, 0.4) is 0 Å². The fourth-order valence-corrected chi connectivity index (χ4v) is 0.471. The molecule has 0 radical (unpaired) electrons. The zero-order valence-electron chi connectivity index (χ0n) is 7.99. The summed E-state index contributed by atoms with van der Waals surface area (Å²) in [6.45, 7) is 9.91. The third kappa shape index (κ3) is 33.6. The molecular formula is C7H17NO3S. The summed E-state index contributed by atoms with van der Waals surface area (Å²) < 4.78 is 25.3. The number of hydrogen-bond donors (Lipinski definition) is 1. The molecule has 0 unspecified atom stereocenters. The van der Waals surface area contributed by atoms with E-state index in [0.29, 0.717) is 6.04 Å². The van der Waals surface area contributed by atoms with Crippen LogP contribution in [0, 0.1) is 5.92 Å². The Hall–Kier alpha value is -0.420. The van der Waals surface area contributed by atoms with Gasteiger partial charge in [-0.25, -0.2) is 0 Å². The Kier molecular flexibility index (Phi) is 10.2. The first kappa shape index (κ1) is 14.1. The van der Waals surface area contributed by atoms with E-state index >= 15 is 0 Å². The Labute approximate surface area is 75.4 Å². The lowest BCUT2D eigenvalue weighted by molar-refractivity contribution is 0.505. The quantitative estimate of drug-likeness (QED) is 0.717. The molecule has 0 aliphatic rings. The van der Waals surface area contributed by atoms with E-state index < -0.39 is 10.6 Å². The van der Waals surface area contributed by atoms with E-state index in [4.69, 9.17) is 12.6 Å². The second kappa shape index (κ2) is 8.67. The lowest BCUT2D eigenvalue weighted by atomic mass is 10.2. The van der Waals surface area contributed by atoms with Crippen LogP contribution in [-0.4, -0.2) is 25.2 Å². The molecule has 1 N–H and O–H groups in total. The summed E-state index contributed by atoms with van der Waals surface area (Å²) in [4.78, 5) is 0. The summed E-state index contributed by atoms with van der Waals surface area (Å²) in [5, 5.41) is 3.34. The van der Waals surface area contributed by atoms with Crippen molar-refractivity contribution in [2.24, 2.45) is 5.92 Å². The predicted octanol–water partition coefficient (Wildman–Crippen LogP) is 0.636. The largest absolute Gasteiger partial charge is 0.425 e. The molecule has 74 valence electrons. The second-order valence-corrected chi connectivity index (χ2v) is 3.57. The van der Waals surface area contributed by atoms with Gasteiger partial charge in [0.15, 0.2) is 0 Å². The van der Waals surface area contributed by atoms with Crippen molar-refractivity contribution >= 4 is 10.6 Å². The molecule has 0 spiro atoms. The van der Waals surface area contributed by atoms with Crippen LogP contribution in [0.15, 0.2) is 0 Å². The molecule has 0 saturated carbocycles. The molecule has 0 aliphatic heterocycles. The zero-order valence-corrected chi connectivity index (χ0v) is 8.81. The third-order valence-electron chi connectivity index (χ3n) is 0.934. The Morgan fingerprint density at radius 3 is 1.50 bits per heavy atom. The SMILES string of the molecule is CC(C)CNC(C)C.O=S(=O)=O. The smallest absolute Gasteiger partial charge is 0.314 e. The maximum Gasteiger partial charge on any atom is 0.425 e. The highest BCUT2D eigenvalue weighted by atomic mass is 32.2. The lowest BCUT2D eigenvalue weighted by Crippen LogP contribution is -2.26. The highest BCUT2D eigenvalue weighted by molar-refractivity contribution is 7.59. The van der Waals surface area contributed by atoms with Crippen LogP contribution in [0.4, 0.5) is 0 Å². The monoisotopic (exact) mass is 195 g/mol. The maximum atomic E-state index is 8.44. The Bertz CT molecular complexity index is 167. The van der Waals surface area contributed by atoms with Gasteiger partial charge in [-0.1, -0.05) is 27.7 Å². The standard InChI is InChI=1S/C7H17N.O3S/c1-6(2)5-8-7(3)4;1-4(2)3/h6-8H,5H2,1-4H3;. The minimum absolute atomic E-state index is 0.636. The molecule has 12 heavy (non-hydrogen) atoms. The molecular weight excluding hydrogens is 178 g/mol. The van der Waals surface area contributed by atoms with Crippen LogP contribution in [0.2, 0.25) is 0 Å². The molecule has 0 amide bonds. The van der Waals surface area contributed by atoms with Gasteiger partial charge in [-0.3, -0.25) is 0 Å². The van der Waals surface area contributed by atoms with Gasteiger partial charge in [0.25, 0.3) is 0 Å². The Morgan fingerprint density at radius 1 is 1.08 bits per heavy atom. The molecule has 0 saturated heterocycles. The van der Waals surface area contributed by atoms with E-state index in [1.54, 1.807) is 0 Å². The molecule has 0 aromatic carbocycles. The van der Waals surface area contributed by atoms with Gasteiger partial charge in [0.1, 0.15) is 0 Å². The molecule has 0 aromatic heterocycles.